The van der Waals surface area contributed by atoms with Gasteiger partial charge in [-0.1, -0.05) is 25.1 Å². The number of amides is 1. The van der Waals surface area contributed by atoms with E-state index < -0.39 is 0 Å². The molecule has 0 saturated carbocycles. The monoisotopic (exact) mass is 299 g/mol. The Morgan fingerprint density at radius 3 is 2.95 bits per heavy atom. The van der Waals surface area contributed by atoms with Crippen LogP contribution in [0, 0.1) is 0 Å². The summed E-state index contributed by atoms with van der Waals surface area (Å²) in [6.07, 6.45) is 3.38. The molecule has 3 aromatic rings. The van der Waals surface area contributed by atoms with Crippen molar-refractivity contribution in [1.29, 1.82) is 0 Å². The molecule has 3 heterocycles. The summed E-state index contributed by atoms with van der Waals surface area (Å²) in [4.78, 5) is 18.4. The molecule has 7 heteroatoms. The van der Waals surface area contributed by atoms with Crippen LogP contribution in [0.25, 0.3) is 5.52 Å². The van der Waals surface area contributed by atoms with Gasteiger partial charge in [0.1, 0.15) is 0 Å². The Morgan fingerprint density at radius 1 is 1.41 bits per heavy atom. The highest BCUT2D eigenvalue weighted by molar-refractivity contribution is 6.00. The Balaban J connectivity index is 1.79. The van der Waals surface area contributed by atoms with Gasteiger partial charge in [0.2, 0.25) is 5.89 Å². The van der Waals surface area contributed by atoms with Gasteiger partial charge >= 0.3 is 0 Å². The van der Waals surface area contributed by atoms with Gasteiger partial charge in [-0.2, -0.15) is 10.1 Å². The highest BCUT2D eigenvalue weighted by atomic mass is 16.5. The molecule has 0 fully saturated rings. The molecule has 0 saturated heterocycles. The first-order chi connectivity index (χ1) is 10.6. The summed E-state index contributed by atoms with van der Waals surface area (Å²) in [5, 5.41) is 8.08. The van der Waals surface area contributed by atoms with Crippen LogP contribution in [0.15, 0.2) is 35.1 Å². The maximum atomic E-state index is 12.6. The van der Waals surface area contributed by atoms with E-state index in [-0.39, 0.29) is 11.8 Å². The lowest BCUT2D eigenvalue weighted by molar-refractivity contribution is 0.0782. The summed E-state index contributed by atoms with van der Waals surface area (Å²) in [6.45, 7) is 4.25. The third-order valence-corrected chi connectivity index (χ3v) is 3.36. The maximum Gasteiger partial charge on any atom is 0.257 e. The van der Waals surface area contributed by atoms with Crippen molar-refractivity contribution >= 4 is 11.4 Å². The number of fused-ring (bicyclic) bond motifs is 1. The molecule has 0 unspecified atom stereocenters. The van der Waals surface area contributed by atoms with Gasteiger partial charge in [-0.15, -0.1) is 0 Å². The number of rotatable bonds is 4. The molecule has 0 atom stereocenters. The van der Waals surface area contributed by atoms with Crippen molar-refractivity contribution in [2.24, 2.45) is 0 Å². The van der Waals surface area contributed by atoms with Crippen LogP contribution < -0.4 is 0 Å². The molecule has 3 rings (SSSR count). The number of carbonyl (C=O) groups excluding carboxylic acids is 1. The second-order valence-corrected chi connectivity index (χ2v) is 5.45. The molecule has 0 N–H and O–H groups in total. The average Bonchev–Trinajstić information content (AvgIpc) is 3.13. The fourth-order valence-corrected chi connectivity index (χ4v) is 2.16. The number of hydrogen-bond donors (Lipinski definition) is 0. The summed E-state index contributed by atoms with van der Waals surface area (Å²) >= 11 is 0. The van der Waals surface area contributed by atoms with E-state index in [4.69, 9.17) is 4.52 Å². The largest absolute Gasteiger partial charge is 0.339 e. The summed E-state index contributed by atoms with van der Waals surface area (Å²) in [5.74, 6) is 1.11. The number of hydrogen-bond acceptors (Lipinski definition) is 5. The number of pyridine rings is 1. The van der Waals surface area contributed by atoms with Crippen molar-refractivity contribution in [3.63, 3.8) is 0 Å². The highest BCUT2D eigenvalue weighted by Crippen LogP contribution is 2.15. The zero-order valence-electron chi connectivity index (χ0n) is 12.7. The van der Waals surface area contributed by atoms with Crippen LogP contribution in [0.2, 0.25) is 0 Å². The number of carbonyl (C=O) groups is 1. The van der Waals surface area contributed by atoms with Gasteiger partial charge < -0.3 is 9.42 Å². The van der Waals surface area contributed by atoms with Crippen LogP contribution >= 0.6 is 0 Å². The first-order valence-electron chi connectivity index (χ1n) is 7.06. The fraction of sp³-hybridized carbons (Fsp3) is 0.333. The Morgan fingerprint density at radius 2 is 2.23 bits per heavy atom. The van der Waals surface area contributed by atoms with E-state index in [1.165, 1.54) is 0 Å². The van der Waals surface area contributed by atoms with Crippen molar-refractivity contribution in [3.05, 3.63) is 47.9 Å². The van der Waals surface area contributed by atoms with E-state index in [2.05, 4.69) is 15.2 Å². The summed E-state index contributed by atoms with van der Waals surface area (Å²) < 4.78 is 6.83. The van der Waals surface area contributed by atoms with Crippen molar-refractivity contribution in [2.45, 2.75) is 26.3 Å². The lowest BCUT2D eigenvalue weighted by Crippen LogP contribution is -2.26. The minimum Gasteiger partial charge on any atom is -0.339 e. The Bertz CT molecular complexity index is 805. The molecule has 0 spiro atoms. The second kappa shape index (κ2) is 5.59. The van der Waals surface area contributed by atoms with Crippen LogP contribution in [0.1, 0.15) is 41.8 Å². The smallest absolute Gasteiger partial charge is 0.257 e. The summed E-state index contributed by atoms with van der Waals surface area (Å²) in [5.41, 5.74) is 1.33. The van der Waals surface area contributed by atoms with Gasteiger partial charge in [0.15, 0.2) is 5.82 Å². The molecule has 0 aliphatic heterocycles. The second-order valence-electron chi connectivity index (χ2n) is 5.45. The normalized spacial score (nSPS) is 11.3. The van der Waals surface area contributed by atoms with Gasteiger partial charge in [0.05, 0.1) is 23.8 Å². The molecule has 1 amide bonds. The topological polar surface area (TPSA) is 76.5 Å². The maximum absolute atomic E-state index is 12.6. The van der Waals surface area contributed by atoms with Gasteiger partial charge in [-0.05, 0) is 12.1 Å². The standard InChI is InChI=1S/C15H17N5O2/c1-10(2)14-17-13(18-22-14)9-19(3)15(21)11-8-16-20-7-5-4-6-12(11)20/h4-8,10H,9H2,1-3H3. The van der Waals surface area contributed by atoms with Crippen LogP contribution in [0.5, 0.6) is 0 Å². The SMILES string of the molecule is CC(C)c1nc(CN(C)C(=O)c2cnn3ccccc23)no1. The van der Waals surface area contributed by atoms with Gasteiger partial charge in [0, 0.05) is 19.2 Å². The molecule has 7 nitrogen and oxygen atoms in total. The predicted octanol–water partition coefficient (Wildman–Crippen LogP) is 2.11. The van der Waals surface area contributed by atoms with E-state index in [0.29, 0.717) is 23.8 Å². The van der Waals surface area contributed by atoms with Crippen LogP contribution in [-0.2, 0) is 6.54 Å². The quantitative estimate of drug-likeness (QED) is 0.737. The molecule has 0 bridgehead atoms. The molecule has 0 aromatic carbocycles. The Kier molecular flexibility index (Phi) is 3.62. The Hall–Kier alpha value is -2.70. The van der Waals surface area contributed by atoms with E-state index >= 15 is 0 Å². The van der Waals surface area contributed by atoms with Crippen LogP contribution in [0.3, 0.4) is 0 Å². The van der Waals surface area contributed by atoms with Gasteiger partial charge in [-0.25, -0.2) is 4.52 Å². The first-order valence-corrected chi connectivity index (χ1v) is 7.06. The Labute approximate surface area is 127 Å². The molecule has 0 aliphatic carbocycles. The molecule has 0 aliphatic rings. The van der Waals surface area contributed by atoms with Crippen LogP contribution in [-0.4, -0.2) is 37.6 Å². The average molecular weight is 299 g/mol. The predicted molar refractivity (Wildman–Crippen MR) is 79.4 cm³/mol. The fourth-order valence-electron chi connectivity index (χ4n) is 2.16. The summed E-state index contributed by atoms with van der Waals surface area (Å²) in [6, 6.07) is 5.60. The van der Waals surface area contributed by atoms with E-state index in [1.807, 2.05) is 32.0 Å². The lowest BCUT2D eigenvalue weighted by atomic mass is 10.2. The first kappa shape index (κ1) is 14.2. The molecule has 22 heavy (non-hydrogen) atoms. The van der Waals surface area contributed by atoms with Gasteiger partial charge in [-0.3, -0.25) is 4.79 Å². The molecule has 114 valence electrons. The molecular formula is C15H17N5O2. The zero-order chi connectivity index (χ0) is 15.7. The lowest BCUT2D eigenvalue weighted by Gasteiger charge is -2.13. The number of nitrogens with zero attached hydrogens (tertiary/aromatic N) is 5. The number of aromatic nitrogens is 4. The highest BCUT2D eigenvalue weighted by Gasteiger charge is 2.19. The third-order valence-electron chi connectivity index (χ3n) is 3.36. The van der Waals surface area contributed by atoms with Crippen molar-refractivity contribution in [3.8, 4) is 0 Å². The van der Waals surface area contributed by atoms with Crippen LogP contribution in [0.4, 0.5) is 0 Å². The van der Waals surface area contributed by atoms with E-state index in [0.717, 1.165) is 5.52 Å². The van der Waals surface area contributed by atoms with E-state index in [9.17, 15) is 4.79 Å². The van der Waals surface area contributed by atoms with Crippen molar-refractivity contribution < 1.29 is 9.32 Å². The zero-order valence-corrected chi connectivity index (χ0v) is 12.7. The van der Waals surface area contributed by atoms with Crippen molar-refractivity contribution in [2.75, 3.05) is 7.05 Å². The van der Waals surface area contributed by atoms with E-state index in [1.54, 1.807) is 28.9 Å². The molecule has 0 radical (unpaired) electrons. The third kappa shape index (κ3) is 2.57. The summed E-state index contributed by atoms with van der Waals surface area (Å²) in [7, 11) is 1.71. The minimum absolute atomic E-state index is 0.128. The molecule has 3 aromatic heterocycles. The minimum atomic E-state index is -0.128. The molecular weight excluding hydrogens is 282 g/mol. The van der Waals surface area contributed by atoms with Gasteiger partial charge in [0.25, 0.3) is 5.91 Å². The van der Waals surface area contributed by atoms with Crippen molar-refractivity contribution in [1.82, 2.24) is 24.7 Å².